The van der Waals surface area contributed by atoms with Crippen molar-refractivity contribution >= 4 is 10.8 Å². The summed E-state index contributed by atoms with van der Waals surface area (Å²) < 4.78 is 128. The Labute approximate surface area is 167 Å². The normalized spacial score (nSPS) is 19.0. The van der Waals surface area contributed by atoms with Crippen LogP contribution in [0.25, 0.3) is 10.8 Å². The van der Waals surface area contributed by atoms with Crippen molar-refractivity contribution in [3.8, 4) is 0 Å². The van der Waals surface area contributed by atoms with Crippen molar-refractivity contribution in [3.63, 3.8) is 0 Å². The molecule has 0 saturated heterocycles. The van der Waals surface area contributed by atoms with E-state index in [0.29, 0.717) is 0 Å². The number of nitrogens with one attached hydrogen (secondary N) is 1. The number of benzene rings is 3. The number of alkyl halides is 3. The number of halogens is 3. The zero-order chi connectivity index (χ0) is 28.1. The summed E-state index contributed by atoms with van der Waals surface area (Å²) in [4.78, 5) is 0. The molecule has 0 unspecified atom stereocenters. The van der Waals surface area contributed by atoms with Crippen molar-refractivity contribution < 1.29 is 28.2 Å². The van der Waals surface area contributed by atoms with E-state index in [4.69, 9.17) is 15.1 Å². The standard InChI is InChI=1S/C22H22F3N/c1-16(20-13-5-10-18-9-2-3-12-21(18)20)26-14-6-8-17-7-4-11-19(15-17)22(23,24)25/h2-5,7,9-13,15-16,26H,6,8,14H2,1H3/t16-/m1/s1/i2D,3D,4D,5D,7D,9D,10D,11D,12D,13D,15D. The number of hydrogen-bond acceptors (Lipinski definition) is 1. The fraction of sp³-hybridized carbons (Fsp3) is 0.273. The highest BCUT2D eigenvalue weighted by Crippen LogP contribution is 2.29. The second-order valence-corrected chi connectivity index (χ2v) is 5.67. The molecular weight excluding hydrogens is 335 g/mol. The average molecular weight is 368 g/mol. The van der Waals surface area contributed by atoms with Gasteiger partial charge >= 0.3 is 6.18 Å². The third-order valence-electron chi connectivity index (χ3n) is 3.79. The lowest BCUT2D eigenvalue weighted by Crippen LogP contribution is -2.20. The van der Waals surface area contributed by atoms with Gasteiger partial charge in [-0.25, -0.2) is 0 Å². The molecule has 3 aromatic carbocycles. The molecule has 3 rings (SSSR count). The van der Waals surface area contributed by atoms with E-state index in [-0.39, 0.29) is 41.3 Å². The quantitative estimate of drug-likeness (QED) is 0.515. The van der Waals surface area contributed by atoms with Crippen LogP contribution in [-0.2, 0) is 12.6 Å². The zero-order valence-electron chi connectivity index (χ0n) is 24.8. The molecule has 1 atom stereocenters. The summed E-state index contributed by atoms with van der Waals surface area (Å²) >= 11 is 0. The first kappa shape index (κ1) is 9.05. The molecule has 0 aromatic heterocycles. The van der Waals surface area contributed by atoms with Gasteiger partial charge in [-0.15, -0.1) is 0 Å². The van der Waals surface area contributed by atoms with E-state index in [1.54, 1.807) is 6.92 Å². The van der Waals surface area contributed by atoms with Gasteiger partial charge in [0, 0.05) is 6.04 Å². The Balaban J connectivity index is 1.93. The molecule has 0 spiro atoms. The highest BCUT2D eigenvalue weighted by atomic mass is 19.4. The molecular formula is C22H22F3N. The molecule has 0 aliphatic carbocycles. The molecule has 0 fully saturated rings. The minimum absolute atomic E-state index is 0.0664. The Morgan fingerprint density at radius 2 is 1.73 bits per heavy atom. The number of fused-ring (bicyclic) bond motifs is 1. The van der Waals surface area contributed by atoms with Crippen LogP contribution in [0, 0.1) is 0 Å². The molecule has 1 nitrogen and oxygen atoms in total. The number of rotatable bonds is 6. The van der Waals surface area contributed by atoms with E-state index >= 15 is 0 Å². The summed E-state index contributed by atoms with van der Waals surface area (Å²) in [7, 11) is 0. The van der Waals surface area contributed by atoms with Crippen LogP contribution in [0.15, 0.2) is 66.5 Å². The Morgan fingerprint density at radius 1 is 1.00 bits per heavy atom. The van der Waals surface area contributed by atoms with E-state index in [1.165, 1.54) is 0 Å². The Hall–Kier alpha value is -2.33. The molecule has 1 N–H and O–H groups in total. The summed E-state index contributed by atoms with van der Waals surface area (Å²) in [6, 6.07) is -8.06. The van der Waals surface area contributed by atoms with Gasteiger partial charge in [0.15, 0.2) is 0 Å². The van der Waals surface area contributed by atoms with Gasteiger partial charge in [-0.1, -0.05) is 60.4 Å². The lowest BCUT2D eigenvalue weighted by atomic mass is 9.99. The van der Waals surface area contributed by atoms with E-state index in [9.17, 15) is 13.2 Å². The first-order valence-corrected chi connectivity index (χ1v) is 7.93. The summed E-state index contributed by atoms with van der Waals surface area (Å²) in [5.41, 5.74) is -1.82. The largest absolute Gasteiger partial charge is 0.416 e. The summed E-state index contributed by atoms with van der Waals surface area (Å²) in [6.07, 6.45) is -5.11. The van der Waals surface area contributed by atoms with Crippen LogP contribution in [0.4, 0.5) is 13.2 Å². The molecule has 0 heterocycles. The van der Waals surface area contributed by atoms with Crippen molar-refractivity contribution in [1.29, 1.82) is 0 Å². The molecule has 0 aliphatic rings. The smallest absolute Gasteiger partial charge is 0.310 e. The van der Waals surface area contributed by atoms with Gasteiger partial charge in [-0.2, -0.15) is 13.2 Å². The Bertz CT molecular complexity index is 1400. The van der Waals surface area contributed by atoms with Crippen LogP contribution >= 0.6 is 0 Å². The predicted molar refractivity (Wildman–Crippen MR) is 100 cm³/mol. The van der Waals surface area contributed by atoms with Gasteiger partial charge in [0.2, 0.25) is 0 Å². The monoisotopic (exact) mass is 368 g/mol. The average Bonchev–Trinajstić information content (AvgIpc) is 2.81. The first-order valence-electron chi connectivity index (χ1n) is 13.4. The summed E-state index contributed by atoms with van der Waals surface area (Å²) in [6.45, 7) is 1.65. The second kappa shape index (κ2) is 7.92. The second-order valence-electron chi connectivity index (χ2n) is 5.67. The molecule has 0 aliphatic heterocycles. The van der Waals surface area contributed by atoms with Crippen molar-refractivity contribution in [2.75, 3.05) is 6.54 Å². The summed E-state index contributed by atoms with van der Waals surface area (Å²) in [5.74, 6) is 0. The predicted octanol–water partition coefficient (Wildman–Crippen LogP) is 6.14. The van der Waals surface area contributed by atoms with Crippen LogP contribution in [0.2, 0.25) is 0 Å². The molecule has 0 amide bonds. The topological polar surface area (TPSA) is 12.0 Å². The number of hydrogen-bond donors (Lipinski definition) is 1. The van der Waals surface area contributed by atoms with Crippen LogP contribution in [0.1, 0.15) is 51.2 Å². The summed E-state index contributed by atoms with van der Waals surface area (Å²) in [5, 5.41) is 2.73. The third-order valence-corrected chi connectivity index (χ3v) is 3.79. The lowest BCUT2D eigenvalue weighted by molar-refractivity contribution is -0.137. The van der Waals surface area contributed by atoms with Crippen molar-refractivity contribution in [2.24, 2.45) is 0 Å². The minimum atomic E-state index is -5.02. The first-order chi connectivity index (χ1) is 17.0. The Morgan fingerprint density at radius 3 is 2.54 bits per heavy atom. The van der Waals surface area contributed by atoms with E-state index in [1.807, 2.05) is 0 Å². The van der Waals surface area contributed by atoms with Crippen molar-refractivity contribution in [1.82, 2.24) is 5.32 Å². The van der Waals surface area contributed by atoms with Crippen LogP contribution in [0.3, 0.4) is 0 Å². The highest BCUT2D eigenvalue weighted by molar-refractivity contribution is 5.86. The SMILES string of the molecule is [2H]c1c([2H])c(CCCN[C@H](C)c2c([2H])c([2H])c([2H])c3c([2H])c([2H])c([2H])c([2H])c23)c([2H])c(C(F)(F)F)c1[2H]. The Kier molecular flexibility index (Phi) is 2.75. The van der Waals surface area contributed by atoms with Gasteiger partial charge in [0.05, 0.1) is 20.6 Å². The molecule has 3 aromatic rings. The van der Waals surface area contributed by atoms with E-state index in [2.05, 4.69) is 5.32 Å². The maximum absolute atomic E-state index is 13.3. The fourth-order valence-corrected chi connectivity index (χ4v) is 2.49. The van der Waals surface area contributed by atoms with Gasteiger partial charge in [-0.05, 0) is 54.3 Å². The molecule has 136 valence electrons. The fourth-order valence-electron chi connectivity index (χ4n) is 2.49. The van der Waals surface area contributed by atoms with Gasteiger partial charge in [-0.3, -0.25) is 0 Å². The van der Waals surface area contributed by atoms with Crippen molar-refractivity contribution in [2.45, 2.75) is 32.0 Å². The molecule has 0 bridgehead atoms. The van der Waals surface area contributed by atoms with Crippen LogP contribution in [0.5, 0.6) is 0 Å². The zero-order valence-corrected chi connectivity index (χ0v) is 13.8. The van der Waals surface area contributed by atoms with E-state index in [0.717, 1.165) is 0 Å². The third kappa shape index (κ3) is 4.44. The lowest BCUT2D eigenvalue weighted by Gasteiger charge is -2.17. The molecule has 0 radical (unpaired) electrons. The molecule has 26 heavy (non-hydrogen) atoms. The van der Waals surface area contributed by atoms with Crippen LogP contribution < -0.4 is 5.32 Å². The van der Waals surface area contributed by atoms with E-state index < -0.39 is 84.2 Å². The van der Waals surface area contributed by atoms with Gasteiger partial charge < -0.3 is 5.32 Å². The minimum Gasteiger partial charge on any atom is -0.310 e. The molecule has 4 heteroatoms. The molecule has 0 saturated carbocycles. The van der Waals surface area contributed by atoms with Gasteiger partial charge in [0.1, 0.15) is 0 Å². The van der Waals surface area contributed by atoms with Crippen LogP contribution in [-0.4, -0.2) is 6.54 Å². The maximum atomic E-state index is 13.3. The van der Waals surface area contributed by atoms with Gasteiger partial charge in [0.25, 0.3) is 0 Å². The maximum Gasteiger partial charge on any atom is 0.416 e. The van der Waals surface area contributed by atoms with Crippen molar-refractivity contribution in [3.05, 3.63) is 83.2 Å². The highest BCUT2D eigenvalue weighted by Gasteiger charge is 2.30.